The zero-order valence-electron chi connectivity index (χ0n) is 9.99. The Morgan fingerprint density at radius 2 is 2.35 bits per heavy atom. The van der Waals surface area contributed by atoms with E-state index in [-0.39, 0.29) is 0 Å². The van der Waals surface area contributed by atoms with E-state index in [0.717, 1.165) is 30.5 Å². The van der Waals surface area contributed by atoms with Crippen LogP contribution in [0.3, 0.4) is 0 Å². The fourth-order valence-corrected chi connectivity index (χ4v) is 2.71. The smallest absolute Gasteiger partial charge is 0.120 e. The van der Waals surface area contributed by atoms with Crippen LogP contribution in [0.4, 0.5) is 0 Å². The van der Waals surface area contributed by atoms with Crippen LogP contribution in [0.5, 0.6) is 0 Å². The summed E-state index contributed by atoms with van der Waals surface area (Å²) < 4.78 is 0. The number of nitrogens with zero attached hydrogens (tertiary/aromatic N) is 1. The lowest BCUT2D eigenvalue weighted by Crippen LogP contribution is -2.16. The molecule has 1 fully saturated rings. The van der Waals surface area contributed by atoms with E-state index in [1.807, 2.05) is 6.20 Å². The minimum absolute atomic E-state index is 0.848. The molecule has 2 aromatic rings. The lowest BCUT2D eigenvalue weighted by molar-refractivity contribution is 0.623. The largest absolute Gasteiger partial charge is 0.340 e. The first-order valence-corrected chi connectivity index (χ1v) is 6.94. The van der Waals surface area contributed by atoms with E-state index < -0.39 is 0 Å². The van der Waals surface area contributed by atoms with Gasteiger partial charge in [0.05, 0.1) is 23.3 Å². The van der Waals surface area contributed by atoms with Crippen molar-refractivity contribution in [2.24, 2.45) is 5.92 Å². The molecule has 4 heteroatoms. The van der Waals surface area contributed by atoms with Crippen LogP contribution in [0.2, 0.25) is 0 Å². The van der Waals surface area contributed by atoms with Gasteiger partial charge in [-0.15, -0.1) is 11.3 Å². The number of nitrogens with one attached hydrogen (secondary N) is 2. The van der Waals surface area contributed by atoms with Crippen molar-refractivity contribution < 1.29 is 0 Å². The van der Waals surface area contributed by atoms with Crippen LogP contribution in [-0.4, -0.2) is 16.5 Å². The van der Waals surface area contributed by atoms with Crippen LogP contribution in [0.25, 0.3) is 10.6 Å². The molecule has 2 aromatic heterocycles. The van der Waals surface area contributed by atoms with Crippen LogP contribution in [0.15, 0.2) is 18.3 Å². The lowest BCUT2D eigenvalue weighted by atomic mass is 10.4. The molecule has 3 rings (SSSR count). The highest BCUT2D eigenvalue weighted by atomic mass is 32.1. The molecular weight excluding hydrogens is 230 g/mol. The van der Waals surface area contributed by atoms with Crippen molar-refractivity contribution in [2.75, 3.05) is 6.54 Å². The first-order chi connectivity index (χ1) is 8.31. The van der Waals surface area contributed by atoms with Crippen molar-refractivity contribution in [2.45, 2.75) is 26.3 Å². The highest BCUT2D eigenvalue weighted by Gasteiger charge is 2.20. The predicted octanol–water partition coefficient (Wildman–Crippen LogP) is 2.95. The van der Waals surface area contributed by atoms with Crippen molar-refractivity contribution in [1.29, 1.82) is 0 Å². The van der Waals surface area contributed by atoms with Gasteiger partial charge in [-0.1, -0.05) is 0 Å². The monoisotopic (exact) mass is 247 g/mol. The Morgan fingerprint density at radius 1 is 1.47 bits per heavy atom. The zero-order valence-corrected chi connectivity index (χ0v) is 10.8. The number of imidazole rings is 1. The third-order valence-electron chi connectivity index (χ3n) is 3.06. The third kappa shape index (κ3) is 2.76. The molecule has 2 N–H and O–H groups in total. The Balaban J connectivity index is 1.61. The van der Waals surface area contributed by atoms with E-state index in [1.165, 1.54) is 22.6 Å². The van der Waals surface area contributed by atoms with Crippen LogP contribution in [-0.2, 0) is 6.54 Å². The van der Waals surface area contributed by atoms with E-state index >= 15 is 0 Å². The molecule has 0 unspecified atom stereocenters. The number of rotatable bonds is 5. The topological polar surface area (TPSA) is 40.7 Å². The highest BCUT2D eigenvalue weighted by Crippen LogP contribution is 2.28. The molecule has 90 valence electrons. The SMILES string of the molecule is Cc1ccc(-c2cnc(CNCC3CC3)[nH]2)s1. The molecule has 0 atom stereocenters. The fourth-order valence-electron chi connectivity index (χ4n) is 1.87. The molecule has 2 heterocycles. The Labute approximate surface area is 105 Å². The number of aromatic amines is 1. The first-order valence-electron chi connectivity index (χ1n) is 6.12. The minimum atomic E-state index is 0.848. The van der Waals surface area contributed by atoms with Gasteiger partial charge in [0.15, 0.2) is 0 Å². The van der Waals surface area contributed by atoms with Crippen LogP contribution >= 0.6 is 11.3 Å². The van der Waals surface area contributed by atoms with E-state index in [9.17, 15) is 0 Å². The molecular formula is C13H17N3S. The Kier molecular flexibility index (Phi) is 2.99. The van der Waals surface area contributed by atoms with Gasteiger partial charge in [-0.25, -0.2) is 4.98 Å². The van der Waals surface area contributed by atoms with Gasteiger partial charge in [0.25, 0.3) is 0 Å². The zero-order chi connectivity index (χ0) is 11.7. The number of aromatic nitrogens is 2. The van der Waals surface area contributed by atoms with Gasteiger partial charge < -0.3 is 10.3 Å². The van der Waals surface area contributed by atoms with Gasteiger partial charge in [-0.05, 0) is 44.4 Å². The molecule has 0 bridgehead atoms. The second-order valence-corrected chi connectivity index (χ2v) is 6.02. The van der Waals surface area contributed by atoms with Crippen molar-refractivity contribution in [3.8, 4) is 10.6 Å². The first kappa shape index (κ1) is 11.0. The normalized spacial score (nSPS) is 15.4. The summed E-state index contributed by atoms with van der Waals surface area (Å²) in [6.07, 6.45) is 4.72. The van der Waals surface area contributed by atoms with Gasteiger partial charge >= 0.3 is 0 Å². The number of hydrogen-bond donors (Lipinski definition) is 2. The summed E-state index contributed by atoms with van der Waals surface area (Å²) in [4.78, 5) is 10.4. The standard InChI is InChI=1S/C13H17N3S/c1-9-2-5-12(17-9)11-7-15-13(16-11)8-14-6-10-3-4-10/h2,5,7,10,14H,3-4,6,8H2,1H3,(H,15,16). The van der Waals surface area contributed by atoms with Crippen LogP contribution in [0.1, 0.15) is 23.5 Å². The van der Waals surface area contributed by atoms with Crippen molar-refractivity contribution in [3.63, 3.8) is 0 Å². The van der Waals surface area contributed by atoms with E-state index in [1.54, 1.807) is 11.3 Å². The van der Waals surface area contributed by atoms with Gasteiger partial charge in [-0.3, -0.25) is 0 Å². The Morgan fingerprint density at radius 3 is 3.06 bits per heavy atom. The van der Waals surface area contributed by atoms with Crippen molar-refractivity contribution in [1.82, 2.24) is 15.3 Å². The van der Waals surface area contributed by atoms with E-state index in [0.29, 0.717) is 0 Å². The molecule has 1 aliphatic carbocycles. The summed E-state index contributed by atoms with van der Waals surface area (Å²) in [7, 11) is 0. The molecule has 17 heavy (non-hydrogen) atoms. The summed E-state index contributed by atoms with van der Waals surface area (Å²) in [5, 5.41) is 3.44. The minimum Gasteiger partial charge on any atom is -0.340 e. The summed E-state index contributed by atoms with van der Waals surface area (Å²) in [6.45, 7) is 4.11. The van der Waals surface area contributed by atoms with E-state index in [2.05, 4.69) is 34.3 Å². The summed E-state index contributed by atoms with van der Waals surface area (Å²) in [6, 6.07) is 4.29. The summed E-state index contributed by atoms with van der Waals surface area (Å²) in [5.41, 5.74) is 1.13. The van der Waals surface area contributed by atoms with Crippen LogP contribution < -0.4 is 5.32 Å². The average molecular weight is 247 g/mol. The number of aryl methyl sites for hydroxylation is 1. The van der Waals surface area contributed by atoms with E-state index in [4.69, 9.17) is 0 Å². The fraction of sp³-hybridized carbons (Fsp3) is 0.462. The number of thiophene rings is 1. The average Bonchev–Trinajstić information content (AvgIpc) is 2.85. The molecule has 1 saturated carbocycles. The van der Waals surface area contributed by atoms with Gasteiger partial charge in [-0.2, -0.15) is 0 Å². The summed E-state index contributed by atoms with van der Waals surface area (Å²) in [5.74, 6) is 1.95. The lowest BCUT2D eigenvalue weighted by Gasteiger charge is -1.99. The predicted molar refractivity (Wildman–Crippen MR) is 71.1 cm³/mol. The Bertz CT molecular complexity index is 496. The molecule has 3 nitrogen and oxygen atoms in total. The summed E-state index contributed by atoms with van der Waals surface area (Å²) >= 11 is 1.80. The van der Waals surface area contributed by atoms with Gasteiger partial charge in [0.1, 0.15) is 5.82 Å². The number of hydrogen-bond acceptors (Lipinski definition) is 3. The quantitative estimate of drug-likeness (QED) is 0.853. The van der Waals surface area contributed by atoms with Crippen molar-refractivity contribution >= 4 is 11.3 Å². The molecule has 0 aliphatic heterocycles. The second kappa shape index (κ2) is 4.63. The molecule has 0 radical (unpaired) electrons. The van der Waals surface area contributed by atoms with Crippen molar-refractivity contribution in [3.05, 3.63) is 29.0 Å². The second-order valence-electron chi connectivity index (χ2n) is 4.73. The molecule has 0 spiro atoms. The molecule has 0 saturated heterocycles. The number of H-pyrrole nitrogens is 1. The highest BCUT2D eigenvalue weighted by molar-refractivity contribution is 7.15. The molecule has 1 aliphatic rings. The van der Waals surface area contributed by atoms with Crippen LogP contribution in [0, 0.1) is 12.8 Å². The van der Waals surface area contributed by atoms with Gasteiger partial charge in [0, 0.05) is 4.88 Å². The Hall–Kier alpha value is -1.13. The third-order valence-corrected chi connectivity index (χ3v) is 4.09. The maximum atomic E-state index is 4.41. The maximum absolute atomic E-state index is 4.41. The molecule has 0 amide bonds. The molecule has 0 aromatic carbocycles. The maximum Gasteiger partial charge on any atom is 0.120 e. The van der Waals surface area contributed by atoms with Gasteiger partial charge in [0.2, 0.25) is 0 Å².